The fourth-order valence-corrected chi connectivity index (χ4v) is 2.03. The van der Waals surface area contributed by atoms with Gasteiger partial charge in [-0.25, -0.2) is 4.98 Å². The largest absolute Gasteiger partial charge is 0.306 e. The second-order valence-corrected chi connectivity index (χ2v) is 4.21. The Morgan fingerprint density at radius 2 is 2.26 bits per heavy atom. The molecule has 7 heteroatoms. The Bertz CT molecular complexity index is 680. The Labute approximate surface area is 109 Å². The van der Waals surface area contributed by atoms with Crippen molar-refractivity contribution in [3.05, 3.63) is 29.7 Å². The van der Waals surface area contributed by atoms with Crippen LogP contribution in [-0.4, -0.2) is 26.3 Å². The van der Waals surface area contributed by atoms with Gasteiger partial charge in [-0.1, -0.05) is 6.07 Å². The molecule has 2 aromatic rings. The zero-order valence-electron chi connectivity index (χ0n) is 10.4. The molecule has 3 rings (SSSR count). The first-order valence-electron chi connectivity index (χ1n) is 5.97. The van der Waals surface area contributed by atoms with E-state index in [1.165, 1.54) is 0 Å². The van der Waals surface area contributed by atoms with Gasteiger partial charge in [-0.15, -0.1) is 10.2 Å². The van der Waals surface area contributed by atoms with E-state index < -0.39 is 0 Å². The maximum atomic E-state index is 8.90. The minimum absolute atomic E-state index is 0.108. The minimum Gasteiger partial charge on any atom is -0.306 e. The Morgan fingerprint density at radius 3 is 3.11 bits per heavy atom. The van der Waals surface area contributed by atoms with Gasteiger partial charge in [0.2, 0.25) is 0 Å². The number of hydrogen-bond donors (Lipinski definition) is 0. The standard InChI is InChI=1S/C12H11N7/c1-8-11-17-18-12(19(11)6-5-14-16-8)10-4-2-3-9(7-13)15-10/h2-4,8H,5-6H2,1H3/t8-/m0/s1. The van der Waals surface area contributed by atoms with Gasteiger partial charge in [0.1, 0.15) is 23.5 Å². The van der Waals surface area contributed by atoms with Crippen LogP contribution in [0.5, 0.6) is 0 Å². The molecule has 0 spiro atoms. The van der Waals surface area contributed by atoms with Crippen LogP contribution >= 0.6 is 0 Å². The molecule has 1 aliphatic heterocycles. The molecule has 0 aliphatic carbocycles. The summed E-state index contributed by atoms with van der Waals surface area (Å²) in [5.74, 6) is 1.44. The summed E-state index contributed by atoms with van der Waals surface area (Å²) < 4.78 is 1.97. The van der Waals surface area contributed by atoms with Gasteiger partial charge in [0, 0.05) is 6.54 Å². The summed E-state index contributed by atoms with van der Waals surface area (Å²) in [6.07, 6.45) is 0. The number of azo groups is 1. The lowest BCUT2D eigenvalue weighted by molar-refractivity contribution is 0.661. The van der Waals surface area contributed by atoms with Gasteiger partial charge in [0.15, 0.2) is 11.6 Å². The second kappa shape index (κ2) is 4.57. The first-order chi connectivity index (χ1) is 9.29. The van der Waals surface area contributed by atoms with Crippen molar-refractivity contribution in [1.29, 1.82) is 5.26 Å². The summed E-state index contributed by atoms with van der Waals surface area (Å²) in [5, 5.41) is 25.4. The van der Waals surface area contributed by atoms with Crippen LogP contribution < -0.4 is 0 Å². The van der Waals surface area contributed by atoms with E-state index in [4.69, 9.17) is 5.26 Å². The number of nitriles is 1. The molecule has 2 aromatic heterocycles. The highest BCUT2D eigenvalue weighted by Gasteiger charge is 2.20. The van der Waals surface area contributed by atoms with Crippen molar-refractivity contribution in [2.24, 2.45) is 10.2 Å². The van der Waals surface area contributed by atoms with Gasteiger partial charge in [-0.2, -0.15) is 15.5 Å². The van der Waals surface area contributed by atoms with Crippen LogP contribution in [0.2, 0.25) is 0 Å². The van der Waals surface area contributed by atoms with Gasteiger partial charge in [-0.3, -0.25) is 0 Å². The van der Waals surface area contributed by atoms with Crippen LogP contribution in [0.4, 0.5) is 0 Å². The van der Waals surface area contributed by atoms with Crippen LogP contribution in [0.3, 0.4) is 0 Å². The fourth-order valence-electron chi connectivity index (χ4n) is 2.03. The van der Waals surface area contributed by atoms with E-state index in [1.807, 2.05) is 23.6 Å². The molecule has 1 atom stereocenters. The van der Waals surface area contributed by atoms with E-state index in [0.29, 0.717) is 30.3 Å². The number of fused-ring (bicyclic) bond motifs is 1. The second-order valence-electron chi connectivity index (χ2n) is 4.21. The van der Waals surface area contributed by atoms with E-state index in [0.717, 1.165) is 5.82 Å². The molecule has 0 N–H and O–H groups in total. The topological polar surface area (TPSA) is 92.1 Å². The SMILES string of the molecule is C[C@@H]1N=NCCn2c(-c3cccc(C#N)n3)nnc21. The molecular formula is C12H11N7. The quantitative estimate of drug-likeness (QED) is 0.773. The summed E-state index contributed by atoms with van der Waals surface area (Å²) in [6.45, 7) is 3.20. The van der Waals surface area contributed by atoms with Gasteiger partial charge < -0.3 is 4.57 Å². The summed E-state index contributed by atoms with van der Waals surface area (Å²) in [4.78, 5) is 4.25. The molecule has 0 radical (unpaired) electrons. The number of pyridine rings is 1. The fraction of sp³-hybridized carbons (Fsp3) is 0.333. The predicted octanol–water partition coefficient (Wildman–Crippen LogP) is 1.74. The third kappa shape index (κ3) is 1.97. The Morgan fingerprint density at radius 1 is 1.37 bits per heavy atom. The van der Waals surface area contributed by atoms with Gasteiger partial charge in [-0.05, 0) is 19.1 Å². The molecule has 0 saturated carbocycles. The van der Waals surface area contributed by atoms with Crippen molar-refractivity contribution in [3.63, 3.8) is 0 Å². The molecule has 0 bridgehead atoms. The molecule has 0 aromatic carbocycles. The number of rotatable bonds is 1. The molecule has 19 heavy (non-hydrogen) atoms. The lowest BCUT2D eigenvalue weighted by atomic mass is 10.3. The van der Waals surface area contributed by atoms with Gasteiger partial charge in [0.25, 0.3) is 0 Å². The van der Waals surface area contributed by atoms with Crippen LogP contribution in [-0.2, 0) is 6.54 Å². The number of aromatic nitrogens is 4. The van der Waals surface area contributed by atoms with Crippen LogP contribution in [0, 0.1) is 11.3 Å². The summed E-state index contributed by atoms with van der Waals surface area (Å²) in [6, 6.07) is 7.19. The number of hydrogen-bond acceptors (Lipinski definition) is 6. The molecule has 0 fully saturated rings. The first kappa shape index (κ1) is 11.5. The Kier molecular flexibility index (Phi) is 2.76. The van der Waals surface area contributed by atoms with Crippen molar-refractivity contribution in [2.75, 3.05) is 6.54 Å². The van der Waals surface area contributed by atoms with Crippen molar-refractivity contribution in [1.82, 2.24) is 19.7 Å². The van der Waals surface area contributed by atoms with Gasteiger partial charge in [0.05, 0.1) is 6.54 Å². The molecule has 94 valence electrons. The molecule has 0 amide bonds. The van der Waals surface area contributed by atoms with E-state index in [1.54, 1.807) is 12.1 Å². The number of nitrogens with zero attached hydrogens (tertiary/aromatic N) is 7. The van der Waals surface area contributed by atoms with E-state index in [2.05, 4.69) is 25.4 Å². The van der Waals surface area contributed by atoms with Crippen molar-refractivity contribution in [2.45, 2.75) is 19.5 Å². The summed E-state index contributed by atoms with van der Waals surface area (Å²) in [7, 11) is 0. The van der Waals surface area contributed by atoms with Crippen molar-refractivity contribution >= 4 is 0 Å². The predicted molar refractivity (Wildman–Crippen MR) is 66.1 cm³/mol. The zero-order valence-corrected chi connectivity index (χ0v) is 10.4. The van der Waals surface area contributed by atoms with Crippen LogP contribution in [0.15, 0.2) is 28.4 Å². The minimum atomic E-state index is -0.108. The molecule has 0 saturated heterocycles. The average molecular weight is 253 g/mol. The molecule has 7 nitrogen and oxygen atoms in total. The molecule has 0 unspecified atom stereocenters. The first-order valence-corrected chi connectivity index (χ1v) is 5.97. The third-order valence-corrected chi connectivity index (χ3v) is 2.92. The third-order valence-electron chi connectivity index (χ3n) is 2.92. The maximum Gasteiger partial charge on any atom is 0.182 e. The molecule has 1 aliphatic rings. The lowest BCUT2D eigenvalue weighted by Crippen LogP contribution is -2.07. The van der Waals surface area contributed by atoms with Crippen LogP contribution in [0.1, 0.15) is 24.5 Å². The van der Waals surface area contributed by atoms with Crippen molar-refractivity contribution in [3.8, 4) is 17.6 Å². The highest BCUT2D eigenvalue weighted by molar-refractivity contribution is 5.51. The summed E-state index contributed by atoms with van der Waals surface area (Å²) >= 11 is 0. The highest BCUT2D eigenvalue weighted by atomic mass is 15.3. The molecular weight excluding hydrogens is 242 g/mol. The van der Waals surface area contributed by atoms with Gasteiger partial charge >= 0.3 is 0 Å². The monoisotopic (exact) mass is 253 g/mol. The highest BCUT2D eigenvalue weighted by Crippen LogP contribution is 2.23. The Balaban J connectivity index is 2.10. The molecule has 3 heterocycles. The zero-order chi connectivity index (χ0) is 13.2. The van der Waals surface area contributed by atoms with E-state index >= 15 is 0 Å². The average Bonchev–Trinajstić information content (AvgIpc) is 2.79. The van der Waals surface area contributed by atoms with Crippen molar-refractivity contribution < 1.29 is 0 Å². The van der Waals surface area contributed by atoms with Crippen LogP contribution in [0.25, 0.3) is 11.5 Å². The maximum absolute atomic E-state index is 8.90. The lowest BCUT2D eigenvalue weighted by Gasteiger charge is -2.07. The summed E-state index contributed by atoms with van der Waals surface area (Å²) in [5.41, 5.74) is 1.01. The Hall–Kier alpha value is -2.62. The van der Waals surface area contributed by atoms with E-state index in [-0.39, 0.29) is 6.04 Å². The normalized spacial score (nSPS) is 17.6. The smallest absolute Gasteiger partial charge is 0.182 e. The van der Waals surface area contributed by atoms with E-state index in [9.17, 15) is 0 Å².